The van der Waals surface area contributed by atoms with E-state index in [0.29, 0.717) is 25.3 Å². The number of rotatable bonds is 6. The SMILES string of the molecule is Cc1ccc(OCCCN2C(=O)COc3ccc([N+](=O)[O-])nc32)cc1. The Morgan fingerprint density at radius 1 is 1.28 bits per heavy atom. The first-order chi connectivity index (χ1) is 12.0. The van der Waals surface area contributed by atoms with E-state index in [4.69, 9.17) is 9.47 Å². The number of aryl methyl sites for hydroxylation is 1. The molecule has 2 heterocycles. The van der Waals surface area contributed by atoms with Gasteiger partial charge in [-0.1, -0.05) is 17.7 Å². The van der Waals surface area contributed by atoms with E-state index in [2.05, 4.69) is 4.98 Å². The fourth-order valence-corrected chi connectivity index (χ4v) is 2.45. The highest BCUT2D eigenvalue weighted by Gasteiger charge is 2.31. The van der Waals surface area contributed by atoms with Crippen molar-refractivity contribution < 1.29 is 19.2 Å². The van der Waals surface area contributed by atoms with Crippen molar-refractivity contribution in [2.75, 3.05) is 24.7 Å². The molecule has 1 amide bonds. The van der Waals surface area contributed by atoms with E-state index in [9.17, 15) is 14.9 Å². The maximum absolute atomic E-state index is 12.1. The summed E-state index contributed by atoms with van der Waals surface area (Å²) in [4.78, 5) is 27.7. The number of carbonyl (C=O) groups excluding carboxylic acids is 1. The van der Waals surface area contributed by atoms with Gasteiger partial charge in [0.1, 0.15) is 5.75 Å². The lowest BCUT2D eigenvalue weighted by Gasteiger charge is -2.25. The molecule has 1 aliphatic heterocycles. The average molecular weight is 343 g/mol. The van der Waals surface area contributed by atoms with Crippen LogP contribution in [0.3, 0.4) is 0 Å². The average Bonchev–Trinajstić information content (AvgIpc) is 2.61. The predicted molar refractivity (Wildman–Crippen MR) is 90.0 cm³/mol. The minimum absolute atomic E-state index is 0.106. The molecule has 0 N–H and O–H groups in total. The molecule has 0 fully saturated rings. The number of nitrogens with zero attached hydrogens (tertiary/aromatic N) is 3. The largest absolute Gasteiger partial charge is 0.494 e. The van der Waals surface area contributed by atoms with Gasteiger partial charge < -0.3 is 19.6 Å². The lowest BCUT2D eigenvalue weighted by Crippen LogP contribution is -2.40. The van der Waals surface area contributed by atoms with E-state index < -0.39 is 4.92 Å². The number of hydrogen-bond donors (Lipinski definition) is 0. The molecule has 1 aliphatic rings. The molecule has 0 saturated heterocycles. The number of aromatic nitrogens is 1. The lowest BCUT2D eigenvalue weighted by atomic mass is 10.2. The summed E-state index contributed by atoms with van der Waals surface area (Å²) in [6.07, 6.45) is 0.559. The molecule has 0 spiro atoms. The van der Waals surface area contributed by atoms with E-state index in [1.165, 1.54) is 17.0 Å². The third-order valence-corrected chi connectivity index (χ3v) is 3.74. The highest BCUT2D eigenvalue weighted by molar-refractivity contribution is 5.96. The van der Waals surface area contributed by atoms with E-state index >= 15 is 0 Å². The summed E-state index contributed by atoms with van der Waals surface area (Å²) in [6.45, 7) is 2.65. The Morgan fingerprint density at radius 2 is 2.04 bits per heavy atom. The van der Waals surface area contributed by atoms with Gasteiger partial charge in [0, 0.05) is 12.6 Å². The number of pyridine rings is 1. The number of fused-ring (bicyclic) bond motifs is 1. The molecule has 3 rings (SSSR count). The van der Waals surface area contributed by atoms with Gasteiger partial charge >= 0.3 is 5.82 Å². The maximum Gasteiger partial charge on any atom is 0.366 e. The van der Waals surface area contributed by atoms with Crippen molar-refractivity contribution in [1.29, 1.82) is 0 Å². The van der Waals surface area contributed by atoms with Crippen molar-refractivity contribution in [3.8, 4) is 11.5 Å². The summed E-state index contributed by atoms with van der Waals surface area (Å²) < 4.78 is 10.9. The first-order valence-electron chi connectivity index (χ1n) is 7.82. The van der Waals surface area contributed by atoms with Gasteiger partial charge in [-0.05, 0) is 41.5 Å². The van der Waals surface area contributed by atoms with Crippen LogP contribution in [0.5, 0.6) is 11.5 Å². The third kappa shape index (κ3) is 3.85. The van der Waals surface area contributed by atoms with Gasteiger partial charge in [-0.15, -0.1) is 0 Å². The van der Waals surface area contributed by atoms with Crippen LogP contribution < -0.4 is 14.4 Å². The van der Waals surface area contributed by atoms with Crippen LogP contribution in [0.1, 0.15) is 12.0 Å². The first kappa shape index (κ1) is 16.7. The molecule has 8 nitrogen and oxygen atoms in total. The zero-order valence-electron chi connectivity index (χ0n) is 13.7. The number of amides is 1. The van der Waals surface area contributed by atoms with Crippen LogP contribution in [0, 0.1) is 17.0 Å². The van der Waals surface area contributed by atoms with Crippen molar-refractivity contribution in [2.24, 2.45) is 0 Å². The fraction of sp³-hybridized carbons (Fsp3) is 0.294. The third-order valence-electron chi connectivity index (χ3n) is 3.74. The van der Waals surface area contributed by atoms with E-state index in [1.54, 1.807) is 0 Å². The van der Waals surface area contributed by atoms with E-state index in [1.807, 2.05) is 31.2 Å². The normalized spacial score (nSPS) is 13.2. The number of ether oxygens (including phenoxy) is 2. The fourth-order valence-electron chi connectivity index (χ4n) is 2.45. The zero-order valence-corrected chi connectivity index (χ0v) is 13.7. The molecular weight excluding hydrogens is 326 g/mol. The molecule has 0 radical (unpaired) electrons. The van der Waals surface area contributed by atoms with Crippen LogP contribution in [0.4, 0.5) is 11.6 Å². The highest BCUT2D eigenvalue weighted by Crippen LogP contribution is 2.32. The van der Waals surface area contributed by atoms with Crippen molar-refractivity contribution in [3.63, 3.8) is 0 Å². The van der Waals surface area contributed by atoms with Gasteiger partial charge in [-0.2, -0.15) is 0 Å². The van der Waals surface area contributed by atoms with Crippen LogP contribution in [-0.4, -0.2) is 35.6 Å². The number of benzene rings is 1. The molecule has 8 heteroatoms. The molecule has 0 atom stereocenters. The van der Waals surface area contributed by atoms with Crippen molar-refractivity contribution in [3.05, 3.63) is 52.1 Å². The Hall–Kier alpha value is -3.16. The molecule has 1 aromatic carbocycles. The Labute approximate surface area is 144 Å². The number of hydrogen-bond acceptors (Lipinski definition) is 6. The Morgan fingerprint density at radius 3 is 2.76 bits per heavy atom. The second-order valence-corrected chi connectivity index (χ2v) is 5.60. The van der Waals surface area contributed by atoms with Crippen molar-refractivity contribution in [1.82, 2.24) is 4.98 Å². The Bertz CT molecular complexity index is 791. The molecule has 2 aromatic rings. The van der Waals surface area contributed by atoms with Crippen LogP contribution in [-0.2, 0) is 4.79 Å². The second-order valence-electron chi connectivity index (χ2n) is 5.60. The summed E-state index contributed by atoms with van der Waals surface area (Å²) in [7, 11) is 0. The molecule has 0 saturated carbocycles. The van der Waals surface area contributed by atoms with Gasteiger partial charge in [0.25, 0.3) is 11.7 Å². The monoisotopic (exact) mass is 343 g/mol. The zero-order chi connectivity index (χ0) is 17.8. The minimum atomic E-state index is -0.599. The van der Waals surface area contributed by atoms with Crippen LogP contribution in [0.15, 0.2) is 36.4 Å². The van der Waals surface area contributed by atoms with Crippen LogP contribution in [0.25, 0.3) is 0 Å². The minimum Gasteiger partial charge on any atom is -0.494 e. The molecule has 1 aromatic heterocycles. The van der Waals surface area contributed by atoms with Crippen LogP contribution >= 0.6 is 0 Å². The van der Waals surface area contributed by atoms with Gasteiger partial charge in [0.15, 0.2) is 12.4 Å². The smallest absolute Gasteiger partial charge is 0.366 e. The van der Waals surface area contributed by atoms with Gasteiger partial charge in [0.05, 0.1) is 6.61 Å². The molecule has 0 unspecified atom stereocenters. The van der Waals surface area contributed by atoms with Crippen LogP contribution in [0.2, 0.25) is 0 Å². The molecular formula is C17H17N3O5. The summed E-state index contributed by atoms with van der Waals surface area (Å²) >= 11 is 0. The lowest BCUT2D eigenvalue weighted by molar-refractivity contribution is -0.389. The standard InChI is InChI=1S/C17H17N3O5/c1-12-3-5-13(6-4-12)24-10-2-9-19-16(21)11-25-14-7-8-15(20(22)23)18-17(14)19/h3-8H,2,9-11H2,1H3. The quantitative estimate of drug-likeness (QED) is 0.454. The van der Waals surface area contributed by atoms with Crippen molar-refractivity contribution >= 4 is 17.5 Å². The number of nitro groups is 1. The molecule has 130 valence electrons. The van der Waals surface area contributed by atoms with Gasteiger partial charge in [-0.25, -0.2) is 0 Å². The first-order valence-corrected chi connectivity index (χ1v) is 7.82. The van der Waals surface area contributed by atoms with E-state index in [-0.39, 0.29) is 24.1 Å². The number of carbonyl (C=O) groups is 1. The predicted octanol–water partition coefficient (Wildman–Crippen LogP) is 2.49. The Kier molecular flexibility index (Phi) is 4.78. The summed E-state index contributed by atoms with van der Waals surface area (Å²) in [6, 6.07) is 10.4. The maximum atomic E-state index is 12.1. The molecule has 0 aliphatic carbocycles. The topological polar surface area (TPSA) is 94.8 Å². The van der Waals surface area contributed by atoms with Crippen molar-refractivity contribution in [2.45, 2.75) is 13.3 Å². The molecule has 0 bridgehead atoms. The molecule has 25 heavy (non-hydrogen) atoms. The summed E-state index contributed by atoms with van der Waals surface area (Å²) in [5.41, 5.74) is 1.15. The number of anilines is 1. The van der Waals surface area contributed by atoms with Gasteiger partial charge in [0.2, 0.25) is 0 Å². The highest BCUT2D eigenvalue weighted by atomic mass is 16.6. The Balaban J connectivity index is 1.64. The summed E-state index contributed by atoms with van der Waals surface area (Å²) in [5, 5.41) is 10.9. The van der Waals surface area contributed by atoms with Gasteiger partial charge in [-0.3, -0.25) is 9.69 Å². The van der Waals surface area contributed by atoms with E-state index in [0.717, 1.165) is 11.3 Å². The summed E-state index contributed by atoms with van der Waals surface area (Å²) in [5.74, 6) is 0.701. The second kappa shape index (κ2) is 7.16.